The molecule has 1 atom stereocenters. The Hall–Kier alpha value is -2.88. The van der Waals surface area contributed by atoms with Crippen molar-refractivity contribution in [2.45, 2.75) is 12.8 Å². The van der Waals surface area contributed by atoms with E-state index >= 15 is 0 Å². The minimum atomic E-state index is -0.249. The number of benzene rings is 2. The van der Waals surface area contributed by atoms with Crippen LogP contribution in [0.1, 0.15) is 24.0 Å². The lowest BCUT2D eigenvalue weighted by Crippen LogP contribution is -2.13. The lowest BCUT2D eigenvalue weighted by molar-refractivity contribution is -0.481. The highest BCUT2D eigenvalue weighted by atomic mass is 16.6. The van der Waals surface area contributed by atoms with Crippen LogP contribution in [0.5, 0.6) is 0 Å². The van der Waals surface area contributed by atoms with Crippen molar-refractivity contribution >= 4 is 17.0 Å². The Bertz CT molecular complexity index is 850. The van der Waals surface area contributed by atoms with Gasteiger partial charge in [-0.15, -0.1) is 0 Å². The SMILES string of the molecule is C/C(=C\c1ccccc1)C(C[N+](=O)[O-])c1c[nH]c2ccccc12. The summed E-state index contributed by atoms with van der Waals surface area (Å²) in [6, 6.07) is 17.8. The molecule has 0 aliphatic carbocycles. The maximum Gasteiger partial charge on any atom is 0.214 e. The molecule has 0 aliphatic heterocycles. The largest absolute Gasteiger partial charge is 0.361 e. The van der Waals surface area contributed by atoms with Crippen molar-refractivity contribution in [2.75, 3.05) is 6.54 Å². The number of H-pyrrole nitrogens is 1. The van der Waals surface area contributed by atoms with Gasteiger partial charge >= 0.3 is 0 Å². The van der Waals surface area contributed by atoms with Crippen LogP contribution in [0.4, 0.5) is 0 Å². The molecule has 0 aliphatic rings. The third-order valence-corrected chi connectivity index (χ3v) is 4.07. The van der Waals surface area contributed by atoms with Gasteiger partial charge in [0.05, 0.1) is 5.92 Å². The molecular formula is C19H18N2O2. The fourth-order valence-corrected chi connectivity index (χ4v) is 2.93. The second-order valence-corrected chi connectivity index (χ2v) is 5.66. The summed E-state index contributed by atoms with van der Waals surface area (Å²) < 4.78 is 0. The van der Waals surface area contributed by atoms with Crippen molar-refractivity contribution in [2.24, 2.45) is 0 Å². The normalized spacial score (nSPS) is 13.2. The Balaban J connectivity index is 2.04. The minimum absolute atomic E-state index is 0.114. The number of nitrogens with zero attached hydrogens (tertiary/aromatic N) is 1. The Labute approximate surface area is 134 Å². The van der Waals surface area contributed by atoms with Gasteiger partial charge in [-0.3, -0.25) is 10.1 Å². The molecule has 23 heavy (non-hydrogen) atoms. The monoisotopic (exact) mass is 306 g/mol. The topological polar surface area (TPSA) is 58.9 Å². The summed E-state index contributed by atoms with van der Waals surface area (Å²) in [7, 11) is 0. The highest BCUT2D eigenvalue weighted by molar-refractivity contribution is 5.84. The lowest BCUT2D eigenvalue weighted by atomic mass is 9.90. The predicted molar refractivity (Wildman–Crippen MR) is 93.0 cm³/mol. The molecule has 0 saturated heterocycles. The van der Waals surface area contributed by atoms with E-state index < -0.39 is 0 Å². The number of nitrogens with one attached hydrogen (secondary N) is 1. The first kappa shape index (κ1) is 15.0. The summed E-state index contributed by atoms with van der Waals surface area (Å²) in [5.41, 5.74) is 4.01. The third-order valence-electron chi connectivity index (χ3n) is 4.07. The number of fused-ring (bicyclic) bond motifs is 1. The predicted octanol–water partition coefficient (Wildman–Crippen LogP) is 4.63. The van der Waals surface area contributed by atoms with Crippen LogP contribution < -0.4 is 0 Å². The zero-order valence-electron chi connectivity index (χ0n) is 12.9. The number of aromatic amines is 1. The highest BCUT2D eigenvalue weighted by Crippen LogP contribution is 2.31. The molecule has 3 rings (SSSR count). The van der Waals surface area contributed by atoms with Gasteiger partial charge in [-0.1, -0.05) is 60.2 Å². The molecule has 3 aromatic rings. The molecule has 1 N–H and O–H groups in total. The molecule has 1 heterocycles. The fourth-order valence-electron chi connectivity index (χ4n) is 2.93. The van der Waals surface area contributed by atoms with E-state index in [1.165, 1.54) is 0 Å². The highest BCUT2D eigenvalue weighted by Gasteiger charge is 2.22. The fraction of sp³-hybridized carbons (Fsp3) is 0.158. The zero-order chi connectivity index (χ0) is 16.2. The first-order chi connectivity index (χ1) is 11.1. The van der Waals surface area contributed by atoms with Gasteiger partial charge < -0.3 is 4.98 Å². The number of hydrogen-bond donors (Lipinski definition) is 1. The standard InChI is InChI=1S/C19H18N2O2/c1-14(11-15-7-3-2-4-8-15)18(13-21(22)23)17-12-20-19-10-6-5-9-16(17)19/h2-12,18,20H,13H2,1H3/b14-11+. The van der Waals surface area contributed by atoms with E-state index in [9.17, 15) is 10.1 Å². The molecule has 1 unspecified atom stereocenters. The van der Waals surface area contributed by atoms with Gasteiger partial charge in [0, 0.05) is 22.0 Å². The van der Waals surface area contributed by atoms with Crippen molar-refractivity contribution in [1.29, 1.82) is 0 Å². The zero-order valence-corrected chi connectivity index (χ0v) is 12.9. The molecule has 4 nitrogen and oxygen atoms in total. The van der Waals surface area contributed by atoms with Gasteiger partial charge in [-0.2, -0.15) is 0 Å². The molecule has 1 aromatic heterocycles. The quantitative estimate of drug-likeness (QED) is 0.552. The second kappa shape index (κ2) is 6.48. The smallest absolute Gasteiger partial charge is 0.214 e. The van der Waals surface area contributed by atoms with E-state index in [0.717, 1.165) is 27.6 Å². The van der Waals surface area contributed by atoms with Crippen LogP contribution in [-0.4, -0.2) is 16.5 Å². The molecule has 0 amide bonds. The van der Waals surface area contributed by atoms with Crippen LogP contribution in [0.15, 0.2) is 66.4 Å². The molecule has 2 aromatic carbocycles. The first-order valence-electron chi connectivity index (χ1n) is 7.56. The van der Waals surface area contributed by atoms with Crippen LogP contribution >= 0.6 is 0 Å². The first-order valence-corrected chi connectivity index (χ1v) is 7.56. The van der Waals surface area contributed by atoms with Crippen molar-refractivity contribution in [3.05, 3.63) is 87.6 Å². The molecule has 0 fully saturated rings. The molecule has 0 spiro atoms. The molecule has 0 saturated carbocycles. The summed E-state index contributed by atoms with van der Waals surface area (Å²) in [4.78, 5) is 14.1. The molecule has 0 radical (unpaired) electrons. The van der Waals surface area contributed by atoms with Crippen molar-refractivity contribution in [3.8, 4) is 0 Å². The average Bonchev–Trinajstić information content (AvgIpc) is 2.97. The Morgan fingerprint density at radius 1 is 1.17 bits per heavy atom. The summed E-state index contributed by atoms with van der Waals surface area (Å²) in [6.07, 6.45) is 3.91. The van der Waals surface area contributed by atoms with Crippen molar-refractivity contribution in [1.82, 2.24) is 4.98 Å². The van der Waals surface area contributed by atoms with Gasteiger partial charge in [0.25, 0.3) is 0 Å². The van der Waals surface area contributed by atoms with E-state index in [4.69, 9.17) is 0 Å². The van der Waals surface area contributed by atoms with Crippen LogP contribution in [0, 0.1) is 10.1 Å². The Morgan fingerprint density at radius 3 is 2.61 bits per heavy atom. The number of aromatic nitrogens is 1. The van der Waals surface area contributed by atoms with Crippen LogP contribution in [0.25, 0.3) is 17.0 Å². The van der Waals surface area contributed by atoms with Crippen LogP contribution in [0.3, 0.4) is 0 Å². The summed E-state index contributed by atoms with van der Waals surface area (Å²) in [6.45, 7) is 1.85. The number of para-hydroxylation sites is 1. The van der Waals surface area contributed by atoms with E-state index in [1.54, 1.807) is 0 Å². The molecular weight excluding hydrogens is 288 g/mol. The summed E-state index contributed by atoms with van der Waals surface area (Å²) in [5.74, 6) is -0.249. The molecule has 0 bridgehead atoms. The van der Waals surface area contributed by atoms with E-state index in [2.05, 4.69) is 4.98 Å². The van der Waals surface area contributed by atoms with Gasteiger partial charge in [-0.25, -0.2) is 0 Å². The number of nitro groups is 1. The third kappa shape index (κ3) is 3.31. The summed E-state index contributed by atoms with van der Waals surface area (Å²) >= 11 is 0. The van der Waals surface area contributed by atoms with Crippen molar-refractivity contribution < 1.29 is 4.92 Å². The van der Waals surface area contributed by atoms with Crippen LogP contribution in [0.2, 0.25) is 0 Å². The van der Waals surface area contributed by atoms with Gasteiger partial charge in [0.1, 0.15) is 0 Å². The summed E-state index contributed by atoms with van der Waals surface area (Å²) in [5, 5.41) is 12.2. The Morgan fingerprint density at radius 2 is 1.87 bits per heavy atom. The van der Waals surface area contributed by atoms with E-state index in [0.29, 0.717) is 0 Å². The minimum Gasteiger partial charge on any atom is -0.361 e. The molecule has 116 valence electrons. The van der Waals surface area contributed by atoms with E-state index in [-0.39, 0.29) is 17.4 Å². The van der Waals surface area contributed by atoms with Gasteiger partial charge in [0.2, 0.25) is 6.54 Å². The lowest BCUT2D eigenvalue weighted by Gasteiger charge is -2.13. The van der Waals surface area contributed by atoms with Gasteiger partial charge in [-0.05, 0) is 24.1 Å². The Kier molecular flexibility index (Phi) is 4.24. The number of rotatable bonds is 5. The second-order valence-electron chi connectivity index (χ2n) is 5.66. The van der Waals surface area contributed by atoms with E-state index in [1.807, 2.05) is 73.8 Å². The number of hydrogen-bond acceptors (Lipinski definition) is 2. The van der Waals surface area contributed by atoms with Gasteiger partial charge in [0.15, 0.2) is 0 Å². The average molecular weight is 306 g/mol. The maximum absolute atomic E-state index is 11.2. The van der Waals surface area contributed by atoms with Crippen molar-refractivity contribution in [3.63, 3.8) is 0 Å². The molecule has 4 heteroatoms. The van der Waals surface area contributed by atoms with Crippen LogP contribution in [-0.2, 0) is 0 Å². The maximum atomic E-state index is 11.2.